The van der Waals surface area contributed by atoms with Crippen molar-refractivity contribution < 1.29 is 17.7 Å². The largest absolute Gasteiger partial charge is 0.439 e. The van der Waals surface area contributed by atoms with Crippen LogP contribution in [0.3, 0.4) is 0 Å². The van der Waals surface area contributed by atoms with Gasteiger partial charge in [-0.25, -0.2) is 0 Å². The number of aliphatic imine (C=N–C) groups is 1. The monoisotopic (exact) mass is 408 g/mol. The molecule has 0 radical (unpaired) electrons. The third-order valence-corrected chi connectivity index (χ3v) is 5.40. The molecule has 1 N–H and O–H groups in total. The summed E-state index contributed by atoms with van der Waals surface area (Å²) in [4.78, 5) is 6.34. The van der Waals surface area contributed by atoms with Crippen LogP contribution in [0.25, 0.3) is 10.8 Å². The molecule has 0 atom stereocenters. The predicted molar refractivity (Wildman–Crippen MR) is 116 cm³/mol. The highest BCUT2D eigenvalue weighted by Gasteiger charge is 2.28. The summed E-state index contributed by atoms with van der Waals surface area (Å²) in [6.07, 6.45) is 3.68. The van der Waals surface area contributed by atoms with Crippen LogP contribution in [-0.2, 0) is 10.1 Å². The van der Waals surface area contributed by atoms with E-state index < -0.39 is 10.1 Å². The first-order valence-corrected chi connectivity index (χ1v) is 10.8. The molecule has 0 spiro atoms. The van der Waals surface area contributed by atoms with Gasteiger partial charge < -0.3 is 9.64 Å². The maximum Gasteiger partial charge on any atom is 0.264 e. The maximum atomic E-state index is 11.1. The zero-order chi connectivity index (χ0) is 20.3. The zero-order valence-corrected chi connectivity index (χ0v) is 16.4. The second-order valence-corrected chi connectivity index (χ2v) is 8.22. The Morgan fingerprint density at radius 2 is 1.76 bits per heavy atom. The molecule has 0 aliphatic carbocycles. The molecule has 0 aromatic heterocycles. The van der Waals surface area contributed by atoms with Crippen LogP contribution in [0.2, 0.25) is 0 Å². The molecule has 4 rings (SSSR count). The summed E-state index contributed by atoms with van der Waals surface area (Å²) < 4.78 is 37.4. The third-order valence-electron chi connectivity index (χ3n) is 4.59. The number of allylic oxidation sites excluding steroid dienone is 1. The van der Waals surface area contributed by atoms with Gasteiger partial charge in [0.1, 0.15) is 0 Å². The molecule has 148 valence electrons. The van der Waals surface area contributed by atoms with Crippen molar-refractivity contribution in [1.29, 1.82) is 0 Å². The number of para-hydroxylation sites is 1. The SMILES string of the molecule is O=S(=O)(O)CCCN1/C(=C\C=Nc2ccccc2)Oc2ccc3ccccc3c21. The van der Waals surface area contributed by atoms with E-state index in [-0.39, 0.29) is 12.2 Å². The Morgan fingerprint density at radius 3 is 2.55 bits per heavy atom. The van der Waals surface area contributed by atoms with Gasteiger partial charge in [-0.3, -0.25) is 9.55 Å². The Bertz CT molecular complexity index is 1190. The summed E-state index contributed by atoms with van der Waals surface area (Å²) in [5, 5.41) is 2.08. The van der Waals surface area contributed by atoms with E-state index in [0.717, 1.165) is 22.1 Å². The quantitative estimate of drug-likeness (QED) is 0.478. The van der Waals surface area contributed by atoms with Gasteiger partial charge in [0.25, 0.3) is 10.1 Å². The molecule has 0 saturated carbocycles. The average molecular weight is 408 g/mol. The van der Waals surface area contributed by atoms with E-state index in [9.17, 15) is 8.42 Å². The summed E-state index contributed by atoms with van der Waals surface area (Å²) in [7, 11) is -4.02. The Labute approximate surface area is 169 Å². The van der Waals surface area contributed by atoms with Gasteiger partial charge in [-0.2, -0.15) is 8.42 Å². The van der Waals surface area contributed by atoms with Crippen molar-refractivity contribution >= 4 is 38.5 Å². The van der Waals surface area contributed by atoms with E-state index in [2.05, 4.69) is 4.99 Å². The third kappa shape index (κ3) is 4.47. The van der Waals surface area contributed by atoms with Gasteiger partial charge in [0, 0.05) is 24.2 Å². The van der Waals surface area contributed by atoms with E-state index in [0.29, 0.717) is 18.2 Å². The van der Waals surface area contributed by atoms with E-state index in [4.69, 9.17) is 9.29 Å². The molecule has 1 heterocycles. The second kappa shape index (κ2) is 8.06. The minimum absolute atomic E-state index is 0.262. The lowest BCUT2D eigenvalue weighted by Gasteiger charge is -2.19. The predicted octanol–water partition coefficient (Wildman–Crippen LogP) is 4.56. The van der Waals surface area contributed by atoms with Crippen molar-refractivity contribution in [2.75, 3.05) is 17.2 Å². The summed E-state index contributed by atoms with van der Waals surface area (Å²) in [6, 6.07) is 21.4. The number of ether oxygens (including phenoxy) is 1. The van der Waals surface area contributed by atoms with Crippen molar-refractivity contribution in [3.63, 3.8) is 0 Å². The summed E-state index contributed by atoms with van der Waals surface area (Å²) in [5.74, 6) is 0.955. The molecule has 6 nitrogen and oxygen atoms in total. The van der Waals surface area contributed by atoms with Crippen molar-refractivity contribution in [2.24, 2.45) is 4.99 Å². The second-order valence-electron chi connectivity index (χ2n) is 6.65. The summed E-state index contributed by atoms with van der Waals surface area (Å²) in [6.45, 7) is 0.381. The van der Waals surface area contributed by atoms with Crippen LogP contribution >= 0.6 is 0 Å². The number of nitrogens with zero attached hydrogens (tertiary/aromatic N) is 2. The normalized spacial score (nSPS) is 15.2. The first-order chi connectivity index (χ1) is 14.0. The number of fused-ring (bicyclic) bond motifs is 3. The average Bonchev–Trinajstić information content (AvgIpc) is 3.06. The fourth-order valence-corrected chi connectivity index (χ4v) is 3.82. The van der Waals surface area contributed by atoms with Gasteiger partial charge in [0.15, 0.2) is 5.75 Å². The van der Waals surface area contributed by atoms with Crippen molar-refractivity contribution in [3.8, 4) is 5.75 Å². The molecule has 3 aromatic carbocycles. The molecule has 0 unspecified atom stereocenters. The van der Waals surface area contributed by atoms with Crippen molar-refractivity contribution in [3.05, 3.63) is 78.7 Å². The summed E-state index contributed by atoms with van der Waals surface area (Å²) >= 11 is 0. The Kier molecular flexibility index (Phi) is 5.33. The summed E-state index contributed by atoms with van der Waals surface area (Å²) in [5.41, 5.74) is 1.71. The molecular formula is C22H20N2O4S. The van der Waals surface area contributed by atoms with E-state index in [1.54, 1.807) is 12.3 Å². The first kappa shape index (κ1) is 19.2. The number of hydrogen-bond acceptors (Lipinski definition) is 5. The Balaban J connectivity index is 1.67. The minimum Gasteiger partial charge on any atom is -0.439 e. The molecule has 7 heteroatoms. The van der Waals surface area contributed by atoms with E-state index in [1.165, 1.54) is 0 Å². The lowest BCUT2D eigenvalue weighted by molar-refractivity contribution is 0.438. The van der Waals surface area contributed by atoms with Crippen molar-refractivity contribution in [2.45, 2.75) is 6.42 Å². The highest BCUT2D eigenvalue weighted by atomic mass is 32.2. The van der Waals surface area contributed by atoms with E-state index in [1.807, 2.05) is 71.6 Å². The minimum atomic E-state index is -4.02. The molecule has 0 saturated heterocycles. The number of anilines is 1. The molecule has 29 heavy (non-hydrogen) atoms. The van der Waals surface area contributed by atoms with Gasteiger partial charge in [-0.05, 0) is 30.0 Å². The molecule has 1 aliphatic rings. The van der Waals surface area contributed by atoms with Crippen LogP contribution < -0.4 is 9.64 Å². The van der Waals surface area contributed by atoms with Crippen LogP contribution in [0.4, 0.5) is 11.4 Å². The Morgan fingerprint density at radius 1 is 1.00 bits per heavy atom. The molecule has 3 aromatic rings. The lowest BCUT2D eigenvalue weighted by Crippen LogP contribution is -2.23. The highest BCUT2D eigenvalue weighted by Crippen LogP contribution is 2.44. The van der Waals surface area contributed by atoms with Crippen LogP contribution in [0, 0.1) is 0 Å². The van der Waals surface area contributed by atoms with Gasteiger partial charge in [-0.15, -0.1) is 0 Å². The number of benzene rings is 3. The smallest absolute Gasteiger partial charge is 0.264 e. The molecule has 0 amide bonds. The number of hydrogen-bond donors (Lipinski definition) is 1. The lowest BCUT2D eigenvalue weighted by atomic mass is 10.1. The zero-order valence-electron chi connectivity index (χ0n) is 15.6. The highest BCUT2D eigenvalue weighted by molar-refractivity contribution is 7.85. The number of rotatable bonds is 6. The van der Waals surface area contributed by atoms with Gasteiger partial charge >= 0.3 is 0 Å². The van der Waals surface area contributed by atoms with Crippen LogP contribution in [0.15, 0.2) is 83.7 Å². The topological polar surface area (TPSA) is 79.2 Å². The van der Waals surface area contributed by atoms with Gasteiger partial charge in [0.2, 0.25) is 5.88 Å². The fourth-order valence-electron chi connectivity index (χ4n) is 3.33. The first-order valence-electron chi connectivity index (χ1n) is 9.23. The van der Waals surface area contributed by atoms with Gasteiger partial charge in [0.05, 0.1) is 17.1 Å². The van der Waals surface area contributed by atoms with Crippen molar-refractivity contribution in [1.82, 2.24) is 0 Å². The molecule has 0 fully saturated rings. The van der Waals surface area contributed by atoms with Crippen LogP contribution in [0.5, 0.6) is 5.75 Å². The molecule has 1 aliphatic heterocycles. The Hall–Kier alpha value is -3.16. The molecule has 0 bridgehead atoms. The van der Waals surface area contributed by atoms with Crippen LogP contribution in [0.1, 0.15) is 6.42 Å². The van der Waals surface area contributed by atoms with E-state index >= 15 is 0 Å². The maximum absolute atomic E-state index is 11.1. The molecular weight excluding hydrogens is 388 g/mol. The van der Waals surface area contributed by atoms with Crippen LogP contribution in [-0.4, -0.2) is 31.5 Å². The fraction of sp³-hybridized carbons (Fsp3) is 0.136. The van der Waals surface area contributed by atoms with Gasteiger partial charge in [-0.1, -0.05) is 48.5 Å². The standard InChI is InChI=1S/C22H20N2O4S/c25-29(26,27)16-6-15-24-21(13-14-23-18-8-2-1-3-9-18)28-20-12-11-17-7-4-5-10-19(17)22(20)24/h1-5,7-14H,6,15-16H2,(H,25,26,27)/b21-13+,23-14?.